The minimum absolute atomic E-state index is 0.0613. The first kappa shape index (κ1) is 19.2. The number of carbonyl (C=O) groups is 2. The largest absolute Gasteiger partial charge is 0.338 e. The number of nitrogens with one attached hydrogen (secondary N) is 1. The van der Waals surface area contributed by atoms with Gasteiger partial charge < -0.3 is 10.2 Å². The highest BCUT2D eigenvalue weighted by molar-refractivity contribution is 6.13. The number of rotatable bonds is 6. The minimum atomic E-state index is -0.908. The van der Waals surface area contributed by atoms with Gasteiger partial charge in [0.1, 0.15) is 5.41 Å². The van der Waals surface area contributed by atoms with Crippen LogP contribution in [0.1, 0.15) is 42.0 Å². The van der Waals surface area contributed by atoms with Crippen LogP contribution in [0.3, 0.4) is 0 Å². The number of aryl methyl sites for hydroxylation is 3. The van der Waals surface area contributed by atoms with Crippen molar-refractivity contribution in [1.29, 1.82) is 0 Å². The van der Waals surface area contributed by atoms with E-state index < -0.39 is 5.41 Å². The van der Waals surface area contributed by atoms with Crippen LogP contribution in [0.4, 0.5) is 5.69 Å². The highest BCUT2D eigenvalue weighted by Crippen LogP contribution is 2.48. The number of carbonyl (C=O) groups excluding carboxylic acids is 2. The van der Waals surface area contributed by atoms with Gasteiger partial charge in [-0.25, -0.2) is 0 Å². The smallest absolute Gasteiger partial charge is 0.240 e. The lowest BCUT2D eigenvalue weighted by molar-refractivity contribution is -0.142. The SMILES string of the molecule is CCN(Cc1ccccc1)C(=O)C1(C(=O)Nc2c(C)cc(C)cc2C)CC1. The van der Waals surface area contributed by atoms with Crippen molar-refractivity contribution >= 4 is 17.5 Å². The molecule has 142 valence electrons. The van der Waals surface area contributed by atoms with Crippen molar-refractivity contribution in [2.45, 2.75) is 47.1 Å². The zero-order valence-corrected chi connectivity index (χ0v) is 16.6. The quantitative estimate of drug-likeness (QED) is 0.773. The zero-order valence-electron chi connectivity index (χ0n) is 16.6. The molecule has 2 amide bonds. The molecular weight excluding hydrogens is 336 g/mol. The number of anilines is 1. The average molecular weight is 364 g/mol. The van der Waals surface area contributed by atoms with Crippen LogP contribution < -0.4 is 5.32 Å². The highest BCUT2D eigenvalue weighted by Gasteiger charge is 2.58. The fourth-order valence-corrected chi connectivity index (χ4v) is 3.71. The summed E-state index contributed by atoms with van der Waals surface area (Å²) in [6, 6.07) is 14.0. The fraction of sp³-hybridized carbons (Fsp3) is 0.391. The van der Waals surface area contributed by atoms with Crippen molar-refractivity contribution in [3.8, 4) is 0 Å². The lowest BCUT2D eigenvalue weighted by Crippen LogP contribution is -2.42. The zero-order chi connectivity index (χ0) is 19.6. The summed E-state index contributed by atoms with van der Waals surface area (Å²) in [4.78, 5) is 28.0. The lowest BCUT2D eigenvalue weighted by atomic mass is 10.0. The topological polar surface area (TPSA) is 49.4 Å². The fourth-order valence-electron chi connectivity index (χ4n) is 3.71. The molecule has 0 spiro atoms. The molecule has 1 saturated carbocycles. The van der Waals surface area contributed by atoms with Gasteiger partial charge in [-0.2, -0.15) is 0 Å². The molecular formula is C23H28N2O2. The van der Waals surface area contributed by atoms with Gasteiger partial charge in [-0.15, -0.1) is 0 Å². The van der Waals surface area contributed by atoms with Crippen molar-refractivity contribution < 1.29 is 9.59 Å². The van der Waals surface area contributed by atoms with Crippen LogP contribution in [0.25, 0.3) is 0 Å². The third-order valence-electron chi connectivity index (χ3n) is 5.39. The molecule has 3 rings (SSSR count). The van der Waals surface area contributed by atoms with Crippen molar-refractivity contribution in [2.24, 2.45) is 5.41 Å². The second kappa shape index (κ2) is 7.55. The van der Waals surface area contributed by atoms with Gasteiger partial charge in [0.05, 0.1) is 0 Å². The molecule has 1 aliphatic rings. The summed E-state index contributed by atoms with van der Waals surface area (Å²) < 4.78 is 0. The predicted octanol–water partition coefficient (Wildman–Crippen LogP) is 4.38. The van der Waals surface area contributed by atoms with E-state index in [2.05, 4.69) is 17.4 Å². The van der Waals surface area contributed by atoms with Crippen molar-refractivity contribution in [3.63, 3.8) is 0 Å². The molecule has 0 unspecified atom stereocenters. The molecule has 4 heteroatoms. The Morgan fingerprint density at radius 2 is 1.63 bits per heavy atom. The second-order valence-electron chi connectivity index (χ2n) is 7.61. The Labute approximate surface area is 161 Å². The van der Waals surface area contributed by atoms with Crippen LogP contribution in [0.5, 0.6) is 0 Å². The number of hydrogen-bond acceptors (Lipinski definition) is 2. The van der Waals surface area contributed by atoms with Crippen molar-refractivity contribution in [3.05, 3.63) is 64.7 Å². The Bertz CT molecular complexity index is 831. The Kier molecular flexibility index (Phi) is 5.36. The molecule has 1 aliphatic carbocycles. The molecule has 4 nitrogen and oxygen atoms in total. The standard InChI is InChI=1S/C23H28N2O2/c1-5-25(15-19-9-7-6-8-10-19)22(27)23(11-12-23)21(26)24-20-17(3)13-16(2)14-18(20)4/h6-10,13-14H,5,11-12,15H2,1-4H3,(H,24,26). The van der Waals surface area contributed by atoms with E-state index in [1.807, 2.05) is 58.0 Å². The molecule has 1 N–H and O–H groups in total. The van der Waals surface area contributed by atoms with Gasteiger partial charge in [-0.05, 0) is 57.2 Å². The van der Waals surface area contributed by atoms with Gasteiger partial charge in [0.25, 0.3) is 0 Å². The molecule has 0 saturated heterocycles. The second-order valence-corrected chi connectivity index (χ2v) is 7.61. The normalized spacial score (nSPS) is 14.5. The van der Waals surface area contributed by atoms with E-state index in [9.17, 15) is 9.59 Å². The maximum atomic E-state index is 13.2. The third-order valence-corrected chi connectivity index (χ3v) is 5.39. The van der Waals surface area contributed by atoms with Crippen molar-refractivity contribution in [2.75, 3.05) is 11.9 Å². The summed E-state index contributed by atoms with van der Waals surface area (Å²) in [5, 5.41) is 3.05. The Balaban J connectivity index is 1.77. The Morgan fingerprint density at radius 1 is 1.04 bits per heavy atom. The summed E-state index contributed by atoms with van der Waals surface area (Å²) in [5.74, 6) is -0.233. The van der Waals surface area contributed by atoms with E-state index in [0.717, 1.165) is 22.4 Å². The molecule has 0 aliphatic heterocycles. The highest BCUT2D eigenvalue weighted by atomic mass is 16.2. The van der Waals surface area contributed by atoms with E-state index >= 15 is 0 Å². The van der Waals surface area contributed by atoms with Gasteiger partial charge in [-0.1, -0.05) is 48.0 Å². The van der Waals surface area contributed by atoms with Gasteiger partial charge in [-0.3, -0.25) is 9.59 Å². The van der Waals surface area contributed by atoms with E-state index in [-0.39, 0.29) is 11.8 Å². The number of amides is 2. The molecule has 0 heterocycles. The number of nitrogens with zero attached hydrogens (tertiary/aromatic N) is 1. The first-order valence-corrected chi connectivity index (χ1v) is 9.60. The summed E-state index contributed by atoms with van der Waals surface area (Å²) in [6.07, 6.45) is 1.24. The first-order valence-electron chi connectivity index (χ1n) is 9.60. The van der Waals surface area contributed by atoms with Gasteiger partial charge in [0.15, 0.2) is 0 Å². The van der Waals surface area contributed by atoms with Crippen LogP contribution in [-0.2, 0) is 16.1 Å². The van der Waals surface area contributed by atoms with E-state index in [1.54, 1.807) is 4.90 Å². The first-order chi connectivity index (χ1) is 12.9. The van der Waals surface area contributed by atoms with Gasteiger partial charge in [0.2, 0.25) is 11.8 Å². The van der Waals surface area contributed by atoms with Crippen LogP contribution in [-0.4, -0.2) is 23.3 Å². The summed E-state index contributed by atoms with van der Waals surface area (Å²) >= 11 is 0. The van der Waals surface area contributed by atoms with Gasteiger partial charge in [0, 0.05) is 18.8 Å². The van der Waals surface area contributed by atoms with Crippen LogP contribution >= 0.6 is 0 Å². The molecule has 1 fully saturated rings. The summed E-state index contributed by atoms with van der Waals surface area (Å²) in [6.45, 7) is 9.11. The molecule has 0 aromatic heterocycles. The Morgan fingerprint density at radius 3 is 2.15 bits per heavy atom. The third kappa shape index (κ3) is 3.90. The van der Waals surface area contributed by atoms with Crippen LogP contribution in [0, 0.1) is 26.2 Å². The lowest BCUT2D eigenvalue weighted by Gasteiger charge is -2.26. The average Bonchev–Trinajstić information content (AvgIpc) is 3.45. The van der Waals surface area contributed by atoms with Gasteiger partial charge >= 0.3 is 0 Å². The number of benzene rings is 2. The molecule has 2 aromatic carbocycles. The molecule has 0 atom stereocenters. The monoisotopic (exact) mass is 364 g/mol. The van der Waals surface area contributed by atoms with E-state index in [4.69, 9.17) is 0 Å². The van der Waals surface area contributed by atoms with E-state index in [0.29, 0.717) is 25.9 Å². The van der Waals surface area contributed by atoms with Crippen LogP contribution in [0.2, 0.25) is 0 Å². The van der Waals surface area contributed by atoms with E-state index in [1.165, 1.54) is 5.56 Å². The minimum Gasteiger partial charge on any atom is -0.338 e. The molecule has 0 radical (unpaired) electrons. The summed E-state index contributed by atoms with van der Waals surface area (Å²) in [5.41, 5.74) is 4.22. The Hall–Kier alpha value is -2.62. The molecule has 27 heavy (non-hydrogen) atoms. The molecule has 0 bridgehead atoms. The molecule has 2 aromatic rings. The summed E-state index contributed by atoms with van der Waals surface area (Å²) in [7, 11) is 0. The maximum Gasteiger partial charge on any atom is 0.240 e. The predicted molar refractivity (Wildman–Crippen MR) is 108 cm³/mol. The van der Waals surface area contributed by atoms with Crippen LogP contribution in [0.15, 0.2) is 42.5 Å². The van der Waals surface area contributed by atoms with Crippen molar-refractivity contribution in [1.82, 2.24) is 4.90 Å². The maximum absolute atomic E-state index is 13.2. The number of hydrogen-bond donors (Lipinski definition) is 1.